The monoisotopic (exact) mass is 278 g/mol. The van der Waals surface area contributed by atoms with Gasteiger partial charge in [-0.25, -0.2) is 0 Å². The summed E-state index contributed by atoms with van der Waals surface area (Å²) in [6.45, 7) is 1.43. The standard InChI is InChI=1S/C18H18N2O/c19-17(21)18(20-13-7-8-14-20,15-9-3-1-4-10-15)16-11-5-2-6-12-16/h1-12H,13-14H2,(H2,19,21). The Morgan fingerprint density at radius 3 is 1.67 bits per heavy atom. The van der Waals surface area contributed by atoms with Gasteiger partial charge in [0.05, 0.1) is 0 Å². The molecule has 0 atom stereocenters. The van der Waals surface area contributed by atoms with E-state index in [2.05, 4.69) is 17.1 Å². The number of primary amides is 1. The van der Waals surface area contributed by atoms with Crippen LogP contribution in [0.1, 0.15) is 11.1 Å². The van der Waals surface area contributed by atoms with Gasteiger partial charge < -0.3 is 5.73 Å². The highest BCUT2D eigenvalue weighted by molar-refractivity contribution is 5.90. The number of benzene rings is 2. The van der Waals surface area contributed by atoms with Gasteiger partial charge in [-0.1, -0.05) is 72.8 Å². The second-order valence-electron chi connectivity index (χ2n) is 5.18. The predicted octanol–water partition coefficient (Wildman–Crippen LogP) is 2.29. The largest absolute Gasteiger partial charge is 0.367 e. The third-order valence-electron chi connectivity index (χ3n) is 4.03. The van der Waals surface area contributed by atoms with Crippen LogP contribution in [0.15, 0.2) is 72.8 Å². The van der Waals surface area contributed by atoms with Crippen molar-refractivity contribution in [2.75, 3.05) is 13.1 Å². The number of amides is 1. The highest BCUT2D eigenvalue weighted by Gasteiger charge is 2.45. The molecule has 0 aliphatic carbocycles. The highest BCUT2D eigenvalue weighted by Crippen LogP contribution is 2.36. The van der Waals surface area contributed by atoms with Gasteiger partial charge in [0.25, 0.3) is 0 Å². The van der Waals surface area contributed by atoms with Gasteiger partial charge in [0, 0.05) is 13.1 Å². The maximum Gasteiger partial charge on any atom is 0.247 e. The molecule has 0 unspecified atom stereocenters. The van der Waals surface area contributed by atoms with Crippen molar-refractivity contribution in [1.82, 2.24) is 4.90 Å². The van der Waals surface area contributed by atoms with E-state index in [1.165, 1.54) is 0 Å². The number of hydrogen-bond acceptors (Lipinski definition) is 2. The van der Waals surface area contributed by atoms with E-state index in [-0.39, 0.29) is 5.91 Å². The molecular formula is C18H18N2O. The lowest BCUT2D eigenvalue weighted by Gasteiger charge is -2.40. The Balaban J connectivity index is 2.24. The second-order valence-corrected chi connectivity index (χ2v) is 5.18. The molecule has 0 saturated heterocycles. The minimum absolute atomic E-state index is 0.344. The summed E-state index contributed by atoms with van der Waals surface area (Å²) in [5, 5.41) is 0. The van der Waals surface area contributed by atoms with Crippen LogP contribution in [-0.2, 0) is 10.3 Å². The Kier molecular flexibility index (Phi) is 3.59. The number of nitrogens with zero attached hydrogens (tertiary/aromatic N) is 1. The number of carbonyl (C=O) groups excluding carboxylic acids is 1. The predicted molar refractivity (Wildman–Crippen MR) is 83.6 cm³/mol. The molecule has 2 N–H and O–H groups in total. The lowest BCUT2D eigenvalue weighted by molar-refractivity contribution is -0.127. The molecule has 21 heavy (non-hydrogen) atoms. The average Bonchev–Trinajstić information content (AvgIpc) is 3.04. The molecule has 3 nitrogen and oxygen atoms in total. The van der Waals surface area contributed by atoms with Crippen LogP contribution in [-0.4, -0.2) is 23.9 Å². The molecule has 2 aromatic rings. The summed E-state index contributed by atoms with van der Waals surface area (Å²) >= 11 is 0. The zero-order chi connectivity index (χ0) is 14.7. The van der Waals surface area contributed by atoms with Crippen molar-refractivity contribution in [1.29, 1.82) is 0 Å². The van der Waals surface area contributed by atoms with E-state index in [0.717, 1.165) is 11.1 Å². The molecule has 0 radical (unpaired) electrons. The summed E-state index contributed by atoms with van der Waals surface area (Å²) in [5.74, 6) is -0.344. The summed E-state index contributed by atoms with van der Waals surface area (Å²) in [6.07, 6.45) is 4.15. The summed E-state index contributed by atoms with van der Waals surface area (Å²) in [6, 6.07) is 19.5. The van der Waals surface area contributed by atoms with Gasteiger partial charge in [-0.3, -0.25) is 9.69 Å². The fourth-order valence-corrected chi connectivity index (χ4v) is 3.08. The first-order valence-corrected chi connectivity index (χ1v) is 7.07. The first kappa shape index (κ1) is 13.6. The molecule has 0 fully saturated rings. The van der Waals surface area contributed by atoms with Gasteiger partial charge >= 0.3 is 0 Å². The third-order valence-corrected chi connectivity index (χ3v) is 4.03. The maximum absolute atomic E-state index is 12.6. The Labute approximate surface area is 124 Å². The molecule has 0 bridgehead atoms. The van der Waals surface area contributed by atoms with E-state index < -0.39 is 5.54 Å². The number of hydrogen-bond donors (Lipinski definition) is 1. The maximum atomic E-state index is 12.6. The fourth-order valence-electron chi connectivity index (χ4n) is 3.08. The molecule has 106 valence electrons. The zero-order valence-corrected chi connectivity index (χ0v) is 11.8. The number of nitrogens with two attached hydrogens (primary N) is 1. The van der Waals surface area contributed by atoms with Crippen LogP contribution in [0.5, 0.6) is 0 Å². The first-order chi connectivity index (χ1) is 10.3. The Morgan fingerprint density at radius 1 is 0.857 bits per heavy atom. The normalized spacial score (nSPS) is 15.2. The molecule has 1 heterocycles. The number of rotatable bonds is 4. The quantitative estimate of drug-likeness (QED) is 0.872. The van der Waals surface area contributed by atoms with Crippen molar-refractivity contribution in [3.8, 4) is 0 Å². The lowest BCUT2D eigenvalue weighted by Crippen LogP contribution is -2.55. The second kappa shape index (κ2) is 5.54. The van der Waals surface area contributed by atoms with Crippen molar-refractivity contribution < 1.29 is 4.79 Å². The van der Waals surface area contributed by atoms with E-state index >= 15 is 0 Å². The van der Waals surface area contributed by atoms with Crippen LogP contribution in [0.25, 0.3) is 0 Å². The van der Waals surface area contributed by atoms with Gasteiger partial charge in [-0.05, 0) is 11.1 Å². The summed E-state index contributed by atoms with van der Waals surface area (Å²) in [5.41, 5.74) is 6.80. The minimum Gasteiger partial charge on any atom is -0.367 e. The van der Waals surface area contributed by atoms with Crippen molar-refractivity contribution >= 4 is 5.91 Å². The highest BCUT2D eigenvalue weighted by atomic mass is 16.1. The van der Waals surface area contributed by atoms with E-state index in [1.807, 2.05) is 60.7 Å². The zero-order valence-electron chi connectivity index (χ0n) is 11.8. The van der Waals surface area contributed by atoms with Gasteiger partial charge in [0.15, 0.2) is 5.54 Å². The molecular weight excluding hydrogens is 260 g/mol. The summed E-state index contributed by atoms with van der Waals surface area (Å²) < 4.78 is 0. The van der Waals surface area contributed by atoms with Gasteiger partial charge in [0.2, 0.25) is 5.91 Å². The van der Waals surface area contributed by atoms with Crippen molar-refractivity contribution in [2.45, 2.75) is 5.54 Å². The number of carbonyl (C=O) groups is 1. The molecule has 0 saturated carbocycles. The van der Waals surface area contributed by atoms with E-state index in [4.69, 9.17) is 5.73 Å². The molecule has 3 rings (SSSR count). The van der Waals surface area contributed by atoms with Crippen molar-refractivity contribution in [3.63, 3.8) is 0 Å². The first-order valence-electron chi connectivity index (χ1n) is 7.07. The Morgan fingerprint density at radius 2 is 1.29 bits per heavy atom. The molecule has 1 amide bonds. The van der Waals surface area contributed by atoms with E-state index in [0.29, 0.717) is 13.1 Å². The summed E-state index contributed by atoms with van der Waals surface area (Å²) in [7, 11) is 0. The SMILES string of the molecule is NC(=O)C(c1ccccc1)(c1ccccc1)N1CC=CC1. The molecule has 0 aromatic heterocycles. The lowest BCUT2D eigenvalue weighted by atomic mass is 9.80. The van der Waals surface area contributed by atoms with E-state index in [1.54, 1.807) is 0 Å². The Hall–Kier alpha value is -2.39. The van der Waals surface area contributed by atoms with Crippen LogP contribution >= 0.6 is 0 Å². The fraction of sp³-hybridized carbons (Fsp3) is 0.167. The molecule has 1 aliphatic heterocycles. The third kappa shape index (κ3) is 2.16. The van der Waals surface area contributed by atoms with Crippen LogP contribution in [0, 0.1) is 0 Å². The topological polar surface area (TPSA) is 46.3 Å². The minimum atomic E-state index is -0.925. The average molecular weight is 278 g/mol. The van der Waals surface area contributed by atoms with Gasteiger partial charge in [-0.15, -0.1) is 0 Å². The Bertz CT molecular complexity index is 602. The molecule has 0 spiro atoms. The molecule has 2 aromatic carbocycles. The van der Waals surface area contributed by atoms with Crippen molar-refractivity contribution in [3.05, 3.63) is 83.9 Å². The smallest absolute Gasteiger partial charge is 0.247 e. The molecule has 1 aliphatic rings. The van der Waals surface area contributed by atoms with E-state index in [9.17, 15) is 4.79 Å². The van der Waals surface area contributed by atoms with Crippen LogP contribution in [0.3, 0.4) is 0 Å². The molecule has 3 heteroatoms. The van der Waals surface area contributed by atoms with Crippen LogP contribution in [0.4, 0.5) is 0 Å². The van der Waals surface area contributed by atoms with Gasteiger partial charge in [0.1, 0.15) is 0 Å². The van der Waals surface area contributed by atoms with Crippen LogP contribution < -0.4 is 5.73 Å². The van der Waals surface area contributed by atoms with Crippen molar-refractivity contribution in [2.24, 2.45) is 5.73 Å². The summed E-state index contributed by atoms with van der Waals surface area (Å²) in [4.78, 5) is 14.7. The van der Waals surface area contributed by atoms with Crippen LogP contribution in [0.2, 0.25) is 0 Å². The van der Waals surface area contributed by atoms with Gasteiger partial charge in [-0.2, -0.15) is 0 Å².